The predicted molar refractivity (Wildman–Crippen MR) is 90.9 cm³/mol. The minimum atomic E-state index is -1.00. The third-order valence-electron chi connectivity index (χ3n) is 3.92. The van der Waals surface area contributed by atoms with Gasteiger partial charge in [0, 0.05) is 21.7 Å². The molecule has 0 saturated heterocycles. The van der Waals surface area contributed by atoms with Crippen LogP contribution in [0.4, 0.5) is 0 Å². The Morgan fingerprint density at radius 3 is 2.58 bits per heavy atom. The van der Waals surface area contributed by atoms with E-state index in [9.17, 15) is 14.7 Å². The molecule has 0 unspecified atom stereocenters. The standard InChI is InChI=1S/C18H14ClNO4/c1-10-14(9-17(22)23)15-8-13(21)5-6-16(15)20(10)18(24)11-3-2-4-12(19)7-11/h2-8,21H,9H2,1H3,(H,22,23). The van der Waals surface area contributed by atoms with Crippen molar-refractivity contribution in [3.63, 3.8) is 0 Å². The molecule has 2 N–H and O–H groups in total. The van der Waals surface area contributed by atoms with Crippen molar-refractivity contribution in [1.29, 1.82) is 0 Å². The molecule has 0 aliphatic carbocycles. The second-order valence-corrected chi connectivity index (χ2v) is 5.92. The minimum absolute atomic E-state index is 0.0153. The first-order valence-electron chi connectivity index (χ1n) is 7.23. The van der Waals surface area contributed by atoms with Crippen LogP contribution in [0.15, 0.2) is 42.5 Å². The maximum Gasteiger partial charge on any atom is 0.307 e. The second-order valence-electron chi connectivity index (χ2n) is 5.49. The molecule has 6 heteroatoms. The van der Waals surface area contributed by atoms with Gasteiger partial charge in [-0.05, 0) is 48.9 Å². The second kappa shape index (κ2) is 6.02. The third-order valence-corrected chi connectivity index (χ3v) is 4.16. The predicted octanol–water partition coefficient (Wildman–Crippen LogP) is 3.62. The molecule has 0 bridgehead atoms. The van der Waals surface area contributed by atoms with E-state index in [-0.39, 0.29) is 18.1 Å². The zero-order valence-electron chi connectivity index (χ0n) is 12.8. The van der Waals surface area contributed by atoms with Crippen LogP contribution >= 0.6 is 11.6 Å². The van der Waals surface area contributed by atoms with Gasteiger partial charge in [0.1, 0.15) is 5.75 Å². The summed E-state index contributed by atoms with van der Waals surface area (Å²) < 4.78 is 1.46. The van der Waals surface area contributed by atoms with Gasteiger partial charge in [0.25, 0.3) is 5.91 Å². The van der Waals surface area contributed by atoms with Gasteiger partial charge in [-0.2, -0.15) is 0 Å². The normalized spacial score (nSPS) is 10.9. The van der Waals surface area contributed by atoms with Gasteiger partial charge in [-0.1, -0.05) is 17.7 Å². The summed E-state index contributed by atoms with van der Waals surface area (Å²) in [5, 5.41) is 19.9. The summed E-state index contributed by atoms with van der Waals surface area (Å²) in [7, 11) is 0. The molecule has 0 saturated carbocycles. The number of hydrogen-bond donors (Lipinski definition) is 2. The Kier molecular flexibility index (Phi) is 4.03. The number of rotatable bonds is 3. The molecular formula is C18H14ClNO4. The molecule has 0 aliphatic rings. The van der Waals surface area contributed by atoms with E-state index in [2.05, 4.69) is 0 Å². The molecule has 0 radical (unpaired) electrons. The minimum Gasteiger partial charge on any atom is -0.508 e. The Balaban J connectivity index is 2.26. The van der Waals surface area contributed by atoms with Gasteiger partial charge in [-0.15, -0.1) is 0 Å². The van der Waals surface area contributed by atoms with E-state index < -0.39 is 5.97 Å². The van der Waals surface area contributed by atoms with Gasteiger partial charge in [0.15, 0.2) is 0 Å². The van der Waals surface area contributed by atoms with Gasteiger partial charge in [0.05, 0.1) is 11.9 Å². The first kappa shape index (κ1) is 16.1. The summed E-state index contributed by atoms with van der Waals surface area (Å²) in [6, 6.07) is 11.1. The van der Waals surface area contributed by atoms with Crippen LogP contribution in [-0.4, -0.2) is 26.7 Å². The maximum absolute atomic E-state index is 12.9. The summed E-state index contributed by atoms with van der Waals surface area (Å²) in [6.07, 6.45) is -0.235. The number of carboxylic acids is 1. The topological polar surface area (TPSA) is 79.5 Å². The quantitative estimate of drug-likeness (QED) is 0.761. The van der Waals surface area contributed by atoms with Gasteiger partial charge in [-0.25, -0.2) is 0 Å². The third kappa shape index (κ3) is 2.74. The number of carbonyl (C=O) groups is 2. The van der Waals surface area contributed by atoms with E-state index in [1.54, 1.807) is 37.3 Å². The molecule has 1 heterocycles. The number of fused-ring (bicyclic) bond motifs is 1. The molecule has 24 heavy (non-hydrogen) atoms. The average Bonchev–Trinajstić information content (AvgIpc) is 2.78. The number of hydrogen-bond acceptors (Lipinski definition) is 3. The fourth-order valence-corrected chi connectivity index (χ4v) is 3.05. The maximum atomic E-state index is 12.9. The molecule has 3 aromatic rings. The Morgan fingerprint density at radius 2 is 1.92 bits per heavy atom. The van der Waals surface area contributed by atoms with Crippen molar-refractivity contribution < 1.29 is 19.8 Å². The molecule has 5 nitrogen and oxygen atoms in total. The Morgan fingerprint density at radius 1 is 1.17 bits per heavy atom. The lowest BCUT2D eigenvalue weighted by molar-refractivity contribution is -0.136. The van der Waals surface area contributed by atoms with Crippen LogP contribution in [-0.2, 0) is 11.2 Å². The highest BCUT2D eigenvalue weighted by molar-refractivity contribution is 6.31. The summed E-state index contributed by atoms with van der Waals surface area (Å²) in [5.41, 5.74) is 1.98. The Labute approximate surface area is 142 Å². The molecular weight excluding hydrogens is 330 g/mol. The van der Waals surface area contributed by atoms with Crippen molar-refractivity contribution in [2.75, 3.05) is 0 Å². The van der Waals surface area contributed by atoms with Crippen molar-refractivity contribution in [2.24, 2.45) is 0 Å². The van der Waals surface area contributed by atoms with Crippen LogP contribution in [0.5, 0.6) is 5.75 Å². The lowest BCUT2D eigenvalue weighted by Crippen LogP contribution is -2.14. The molecule has 1 aromatic heterocycles. The fourth-order valence-electron chi connectivity index (χ4n) is 2.86. The number of halogens is 1. The van der Waals surface area contributed by atoms with E-state index in [1.807, 2.05) is 0 Å². The molecule has 0 amide bonds. The molecule has 122 valence electrons. The molecule has 2 aromatic carbocycles. The van der Waals surface area contributed by atoms with E-state index in [0.29, 0.717) is 32.7 Å². The van der Waals surface area contributed by atoms with Crippen LogP contribution < -0.4 is 0 Å². The zero-order chi connectivity index (χ0) is 17.4. The Hall–Kier alpha value is -2.79. The SMILES string of the molecule is Cc1c(CC(=O)O)c2cc(O)ccc2n1C(=O)c1cccc(Cl)c1. The largest absolute Gasteiger partial charge is 0.508 e. The monoisotopic (exact) mass is 343 g/mol. The van der Waals surface area contributed by atoms with Crippen LogP contribution in [0, 0.1) is 6.92 Å². The number of aromatic hydroxyl groups is 1. The van der Waals surface area contributed by atoms with E-state index in [1.165, 1.54) is 16.7 Å². The number of phenols is 1. The van der Waals surface area contributed by atoms with E-state index in [4.69, 9.17) is 16.7 Å². The Bertz CT molecular complexity index is 975. The summed E-state index contributed by atoms with van der Waals surface area (Å²) in [6.45, 7) is 1.69. The fraction of sp³-hybridized carbons (Fsp3) is 0.111. The van der Waals surface area contributed by atoms with Crippen molar-refractivity contribution in [2.45, 2.75) is 13.3 Å². The number of carboxylic acid groups (broad SMARTS) is 1. The highest BCUT2D eigenvalue weighted by Crippen LogP contribution is 2.30. The summed E-state index contributed by atoms with van der Waals surface area (Å²) in [5.74, 6) is -1.29. The number of carbonyl (C=O) groups excluding carboxylic acids is 1. The van der Waals surface area contributed by atoms with Crippen LogP contribution in [0.3, 0.4) is 0 Å². The molecule has 3 rings (SSSR count). The number of aromatic nitrogens is 1. The lowest BCUT2D eigenvalue weighted by Gasteiger charge is -2.08. The van der Waals surface area contributed by atoms with Crippen molar-refractivity contribution in [1.82, 2.24) is 4.57 Å². The number of nitrogens with zero attached hydrogens (tertiary/aromatic N) is 1. The average molecular weight is 344 g/mol. The van der Waals surface area contributed by atoms with E-state index in [0.717, 1.165) is 0 Å². The highest BCUT2D eigenvalue weighted by atomic mass is 35.5. The smallest absolute Gasteiger partial charge is 0.307 e. The van der Waals surface area contributed by atoms with Gasteiger partial charge in [0.2, 0.25) is 0 Å². The number of phenolic OH excluding ortho intramolecular Hbond substituents is 1. The van der Waals surface area contributed by atoms with Crippen molar-refractivity contribution in [3.05, 3.63) is 64.3 Å². The number of benzene rings is 2. The molecule has 0 aliphatic heterocycles. The van der Waals surface area contributed by atoms with Gasteiger partial charge >= 0.3 is 5.97 Å². The summed E-state index contributed by atoms with van der Waals surface area (Å²) in [4.78, 5) is 24.1. The lowest BCUT2D eigenvalue weighted by atomic mass is 10.1. The van der Waals surface area contributed by atoms with Crippen LogP contribution in [0.1, 0.15) is 21.6 Å². The molecule has 0 atom stereocenters. The van der Waals surface area contributed by atoms with Crippen LogP contribution in [0.2, 0.25) is 5.02 Å². The zero-order valence-corrected chi connectivity index (χ0v) is 13.5. The molecule has 0 fully saturated rings. The molecule has 0 spiro atoms. The first-order chi connectivity index (χ1) is 11.4. The van der Waals surface area contributed by atoms with Crippen molar-refractivity contribution >= 4 is 34.4 Å². The highest BCUT2D eigenvalue weighted by Gasteiger charge is 2.21. The van der Waals surface area contributed by atoms with Crippen molar-refractivity contribution in [3.8, 4) is 5.75 Å². The number of aliphatic carboxylic acids is 1. The van der Waals surface area contributed by atoms with Crippen LogP contribution in [0.25, 0.3) is 10.9 Å². The van der Waals surface area contributed by atoms with Gasteiger partial charge in [-0.3, -0.25) is 14.2 Å². The first-order valence-corrected chi connectivity index (χ1v) is 7.61. The van der Waals surface area contributed by atoms with Gasteiger partial charge < -0.3 is 10.2 Å². The van der Waals surface area contributed by atoms with E-state index >= 15 is 0 Å². The summed E-state index contributed by atoms with van der Waals surface area (Å²) >= 11 is 5.96.